The zero-order chi connectivity index (χ0) is 16.5. The molecule has 0 unspecified atom stereocenters. The Morgan fingerprint density at radius 3 is 2.33 bits per heavy atom. The second-order valence-corrected chi connectivity index (χ2v) is 5.87. The third-order valence-corrected chi connectivity index (χ3v) is 4.13. The average Bonchev–Trinajstić information content (AvgIpc) is 2.95. The molecule has 2 heterocycles. The van der Waals surface area contributed by atoms with Gasteiger partial charge in [-0.2, -0.15) is 0 Å². The van der Waals surface area contributed by atoms with E-state index in [1.165, 1.54) is 0 Å². The molecule has 0 aliphatic carbocycles. The fraction of sp³-hybridized carbons (Fsp3) is 0.100. The standard InChI is InChI=1S/C20H18N4/c1-14-7-10-17(13-21-14)22-16-11-8-15(9-12-16)20-23-18-5-3-4-6-19(18)24(20)2/h3-13,22H,1-2H3. The summed E-state index contributed by atoms with van der Waals surface area (Å²) in [4.78, 5) is 9.04. The molecule has 0 bridgehead atoms. The van der Waals surface area contributed by atoms with Crippen LogP contribution in [0.25, 0.3) is 22.4 Å². The molecule has 0 atom stereocenters. The van der Waals surface area contributed by atoms with Gasteiger partial charge in [0.2, 0.25) is 0 Å². The van der Waals surface area contributed by atoms with Crippen LogP contribution in [0.2, 0.25) is 0 Å². The lowest BCUT2D eigenvalue weighted by atomic mass is 10.2. The summed E-state index contributed by atoms with van der Waals surface area (Å²) >= 11 is 0. The molecule has 0 saturated heterocycles. The fourth-order valence-electron chi connectivity index (χ4n) is 2.81. The van der Waals surface area contributed by atoms with Gasteiger partial charge in [0.05, 0.1) is 22.9 Å². The summed E-state index contributed by atoms with van der Waals surface area (Å²) in [5.41, 5.74) is 6.28. The van der Waals surface area contributed by atoms with Crippen LogP contribution in [-0.2, 0) is 7.05 Å². The van der Waals surface area contributed by atoms with E-state index >= 15 is 0 Å². The second kappa shape index (κ2) is 5.81. The monoisotopic (exact) mass is 314 g/mol. The zero-order valence-electron chi connectivity index (χ0n) is 13.7. The number of nitrogens with one attached hydrogen (secondary N) is 1. The number of anilines is 2. The molecule has 2 aromatic heterocycles. The third kappa shape index (κ3) is 2.63. The molecule has 24 heavy (non-hydrogen) atoms. The molecule has 4 nitrogen and oxygen atoms in total. The summed E-state index contributed by atoms with van der Waals surface area (Å²) in [5, 5.41) is 3.36. The molecule has 118 valence electrons. The van der Waals surface area contributed by atoms with Crippen LogP contribution in [0.15, 0.2) is 66.9 Å². The van der Waals surface area contributed by atoms with E-state index in [-0.39, 0.29) is 0 Å². The van der Waals surface area contributed by atoms with Gasteiger partial charge in [-0.3, -0.25) is 4.98 Å². The average molecular weight is 314 g/mol. The maximum atomic E-state index is 4.74. The van der Waals surface area contributed by atoms with E-state index in [4.69, 9.17) is 4.98 Å². The summed E-state index contributed by atoms with van der Waals surface area (Å²) in [6, 6.07) is 20.5. The molecule has 2 aromatic carbocycles. The first-order chi connectivity index (χ1) is 11.7. The van der Waals surface area contributed by atoms with Crippen LogP contribution in [-0.4, -0.2) is 14.5 Å². The summed E-state index contributed by atoms with van der Waals surface area (Å²) in [7, 11) is 2.05. The summed E-state index contributed by atoms with van der Waals surface area (Å²) < 4.78 is 2.13. The zero-order valence-corrected chi connectivity index (χ0v) is 13.7. The molecule has 4 rings (SSSR count). The van der Waals surface area contributed by atoms with Gasteiger partial charge in [-0.1, -0.05) is 12.1 Å². The van der Waals surface area contributed by atoms with Gasteiger partial charge in [-0.25, -0.2) is 4.98 Å². The van der Waals surface area contributed by atoms with Crippen molar-refractivity contribution in [3.8, 4) is 11.4 Å². The van der Waals surface area contributed by atoms with Crippen molar-refractivity contribution < 1.29 is 0 Å². The normalized spacial score (nSPS) is 10.9. The molecule has 0 saturated carbocycles. The minimum atomic E-state index is 0.972. The SMILES string of the molecule is Cc1ccc(Nc2ccc(-c3nc4ccccc4n3C)cc2)cn1. The molecule has 1 N–H and O–H groups in total. The van der Waals surface area contributed by atoms with Crippen molar-refractivity contribution in [3.05, 3.63) is 72.6 Å². The van der Waals surface area contributed by atoms with Gasteiger partial charge in [-0.15, -0.1) is 0 Å². The Morgan fingerprint density at radius 2 is 1.62 bits per heavy atom. The number of hydrogen-bond acceptors (Lipinski definition) is 3. The van der Waals surface area contributed by atoms with Crippen LogP contribution in [0.3, 0.4) is 0 Å². The number of benzene rings is 2. The van der Waals surface area contributed by atoms with Gasteiger partial charge in [-0.05, 0) is 55.5 Å². The van der Waals surface area contributed by atoms with Crippen molar-refractivity contribution in [3.63, 3.8) is 0 Å². The highest BCUT2D eigenvalue weighted by Gasteiger charge is 2.09. The van der Waals surface area contributed by atoms with Crippen LogP contribution in [0.1, 0.15) is 5.69 Å². The number of para-hydroxylation sites is 2. The Balaban J connectivity index is 1.63. The highest BCUT2D eigenvalue weighted by molar-refractivity contribution is 5.80. The summed E-state index contributed by atoms with van der Waals surface area (Å²) in [5.74, 6) is 0.972. The van der Waals surface area contributed by atoms with E-state index in [1.807, 2.05) is 43.5 Å². The molecule has 0 amide bonds. The van der Waals surface area contributed by atoms with Gasteiger partial charge >= 0.3 is 0 Å². The Labute approximate surface area is 140 Å². The van der Waals surface area contributed by atoms with Gasteiger partial charge in [0, 0.05) is 24.0 Å². The number of aromatic nitrogens is 3. The van der Waals surface area contributed by atoms with E-state index in [0.29, 0.717) is 0 Å². The molecule has 0 aliphatic rings. The van der Waals surface area contributed by atoms with E-state index < -0.39 is 0 Å². The van der Waals surface area contributed by atoms with Crippen molar-refractivity contribution in [2.24, 2.45) is 7.05 Å². The summed E-state index contributed by atoms with van der Waals surface area (Å²) in [6.45, 7) is 1.98. The smallest absolute Gasteiger partial charge is 0.140 e. The van der Waals surface area contributed by atoms with Crippen LogP contribution in [0, 0.1) is 6.92 Å². The van der Waals surface area contributed by atoms with Crippen LogP contribution >= 0.6 is 0 Å². The molecule has 0 radical (unpaired) electrons. The first-order valence-corrected chi connectivity index (χ1v) is 7.92. The number of aryl methyl sites for hydroxylation is 2. The highest BCUT2D eigenvalue weighted by Crippen LogP contribution is 2.25. The minimum Gasteiger partial charge on any atom is -0.354 e. The molecule has 4 aromatic rings. The summed E-state index contributed by atoms with van der Waals surface area (Å²) in [6.07, 6.45) is 1.84. The Kier molecular flexibility index (Phi) is 3.50. The highest BCUT2D eigenvalue weighted by atomic mass is 15.1. The number of pyridine rings is 1. The molecule has 0 spiro atoms. The van der Waals surface area contributed by atoms with Crippen LogP contribution < -0.4 is 5.32 Å². The maximum absolute atomic E-state index is 4.74. The third-order valence-electron chi connectivity index (χ3n) is 4.13. The lowest BCUT2D eigenvalue weighted by Gasteiger charge is -2.08. The maximum Gasteiger partial charge on any atom is 0.140 e. The van der Waals surface area contributed by atoms with E-state index in [9.17, 15) is 0 Å². The molecule has 4 heteroatoms. The lowest BCUT2D eigenvalue weighted by molar-refractivity contribution is 0.959. The number of rotatable bonds is 3. The quantitative estimate of drug-likeness (QED) is 0.596. The number of nitrogens with zero attached hydrogens (tertiary/aromatic N) is 3. The first kappa shape index (κ1) is 14.5. The fourth-order valence-corrected chi connectivity index (χ4v) is 2.81. The molecule has 0 aliphatic heterocycles. The number of fused-ring (bicyclic) bond motifs is 1. The van der Waals surface area contributed by atoms with Crippen molar-refractivity contribution in [1.29, 1.82) is 0 Å². The van der Waals surface area contributed by atoms with Crippen LogP contribution in [0.4, 0.5) is 11.4 Å². The van der Waals surface area contributed by atoms with Crippen molar-refractivity contribution >= 4 is 22.4 Å². The first-order valence-electron chi connectivity index (χ1n) is 7.92. The lowest BCUT2D eigenvalue weighted by Crippen LogP contribution is -1.94. The van der Waals surface area contributed by atoms with E-state index in [0.717, 1.165) is 39.5 Å². The minimum absolute atomic E-state index is 0.972. The predicted molar refractivity (Wildman–Crippen MR) is 98.4 cm³/mol. The number of imidazole rings is 1. The van der Waals surface area contributed by atoms with Gasteiger partial charge in [0.25, 0.3) is 0 Å². The Hall–Kier alpha value is -3.14. The second-order valence-electron chi connectivity index (χ2n) is 5.87. The van der Waals surface area contributed by atoms with E-state index in [1.54, 1.807) is 0 Å². The van der Waals surface area contributed by atoms with Crippen molar-refractivity contribution in [2.45, 2.75) is 6.92 Å². The predicted octanol–water partition coefficient (Wildman–Crippen LogP) is 4.69. The molecule has 0 fully saturated rings. The van der Waals surface area contributed by atoms with Gasteiger partial charge < -0.3 is 9.88 Å². The Bertz CT molecular complexity index is 983. The van der Waals surface area contributed by atoms with Crippen LogP contribution in [0.5, 0.6) is 0 Å². The number of hydrogen-bond donors (Lipinski definition) is 1. The van der Waals surface area contributed by atoms with Gasteiger partial charge in [0.15, 0.2) is 0 Å². The largest absolute Gasteiger partial charge is 0.354 e. The van der Waals surface area contributed by atoms with Crippen molar-refractivity contribution in [1.82, 2.24) is 14.5 Å². The van der Waals surface area contributed by atoms with E-state index in [2.05, 4.69) is 52.2 Å². The molecular formula is C20H18N4. The topological polar surface area (TPSA) is 42.7 Å². The van der Waals surface area contributed by atoms with Gasteiger partial charge in [0.1, 0.15) is 5.82 Å². The molecular weight excluding hydrogens is 296 g/mol. The Morgan fingerprint density at radius 1 is 0.875 bits per heavy atom. The van der Waals surface area contributed by atoms with Crippen molar-refractivity contribution in [2.75, 3.05) is 5.32 Å².